The number of nitrogens with one attached hydrogen (secondary N) is 1. The first kappa shape index (κ1) is 26.4. The zero-order valence-electron chi connectivity index (χ0n) is 21.8. The summed E-state index contributed by atoms with van der Waals surface area (Å²) in [5.74, 6) is -0.517. The first-order valence-corrected chi connectivity index (χ1v) is 12.6. The molecular weight excluding hydrogens is 512 g/mol. The van der Waals surface area contributed by atoms with E-state index in [1.807, 2.05) is 13.0 Å². The molecule has 1 aliphatic rings. The first-order chi connectivity index (χ1) is 19.3. The molecule has 0 saturated heterocycles. The van der Waals surface area contributed by atoms with E-state index in [0.717, 1.165) is 16.6 Å². The minimum absolute atomic E-state index is 0.240. The van der Waals surface area contributed by atoms with Crippen LogP contribution < -0.4 is 25.4 Å². The molecule has 4 aromatic rings. The van der Waals surface area contributed by atoms with E-state index in [1.165, 1.54) is 13.1 Å². The number of benzene rings is 3. The van der Waals surface area contributed by atoms with Gasteiger partial charge in [-0.3, -0.25) is 14.4 Å². The molecule has 2 unspecified atom stereocenters. The van der Waals surface area contributed by atoms with E-state index in [-0.39, 0.29) is 5.82 Å². The number of nitrogens with zero attached hydrogens (tertiary/aromatic N) is 2. The van der Waals surface area contributed by atoms with Crippen LogP contribution in [0.2, 0.25) is 0 Å². The van der Waals surface area contributed by atoms with Crippen LogP contribution in [0.4, 0.5) is 11.5 Å². The second-order valence-electron chi connectivity index (χ2n) is 9.12. The lowest BCUT2D eigenvalue weighted by molar-refractivity contribution is -0.124. The van der Waals surface area contributed by atoms with E-state index in [0.29, 0.717) is 45.9 Å². The molecule has 2 atom stereocenters. The van der Waals surface area contributed by atoms with Crippen molar-refractivity contribution in [1.82, 2.24) is 4.98 Å². The number of rotatable bonds is 10. The Hall–Kier alpha value is -5.25. The Kier molecular flexibility index (Phi) is 7.15. The van der Waals surface area contributed by atoms with Gasteiger partial charge in [-0.25, -0.2) is 9.88 Å². The van der Waals surface area contributed by atoms with Crippen LogP contribution in [0.15, 0.2) is 72.9 Å². The minimum atomic E-state index is -0.859. The van der Waals surface area contributed by atoms with Gasteiger partial charge in [-0.15, -0.1) is 0 Å². The van der Waals surface area contributed by atoms with Crippen molar-refractivity contribution >= 4 is 46.3 Å². The van der Waals surface area contributed by atoms with E-state index in [1.54, 1.807) is 60.7 Å². The van der Waals surface area contributed by atoms with Crippen LogP contribution in [0, 0.1) is 0 Å². The van der Waals surface area contributed by atoms with Crippen molar-refractivity contribution in [1.29, 1.82) is 0 Å². The zero-order valence-corrected chi connectivity index (χ0v) is 21.8. The lowest BCUT2D eigenvalue weighted by Crippen LogP contribution is -2.30. The number of imide groups is 1. The molecule has 10 heteroatoms. The lowest BCUT2D eigenvalue weighted by atomic mass is 10.1. The highest BCUT2D eigenvalue weighted by molar-refractivity contribution is 6.35. The Bertz CT molecular complexity index is 1620. The van der Waals surface area contributed by atoms with Crippen molar-refractivity contribution in [3.8, 4) is 11.5 Å². The predicted molar refractivity (Wildman–Crippen MR) is 149 cm³/mol. The SMILES string of the molecule is CCOc1cc(C(C=O)Nc2ccc3c(N4C(=O)c5ccccc5C4=O)nccc3c2)ccc1OC(C)C(N)=O. The molecule has 3 amide bonds. The normalized spacial score (nSPS) is 14.0. The van der Waals surface area contributed by atoms with E-state index >= 15 is 0 Å². The number of hydrogen-bond donors (Lipinski definition) is 2. The summed E-state index contributed by atoms with van der Waals surface area (Å²) in [5, 5.41) is 4.52. The second kappa shape index (κ2) is 10.9. The predicted octanol–water partition coefficient (Wildman–Crippen LogP) is 4.04. The van der Waals surface area contributed by atoms with Gasteiger partial charge in [-0.2, -0.15) is 0 Å². The van der Waals surface area contributed by atoms with Gasteiger partial charge in [-0.05, 0) is 73.3 Å². The molecule has 0 saturated carbocycles. The van der Waals surface area contributed by atoms with E-state index in [4.69, 9.17) is 15.2 Å². The van der Waals surface area contributed by atoms with Gasteiger partial charge in [0.1, 0.15) is 12.3 Å². The van der Waals surface area contributed by atoms with Crippen LogP contribution in [-0.4, -0.2) is 41.7 Å². The van der Waals surface area contributed by atoms with Crippen molar-refractivity contribution in [2.75, 3.05) is 16.8 Å². The fraction of sp³-hybridized carbons (Fsp3) is 0.167. The maximum Gasteiger partial charge on any atom is 0.267 e. The highest BCUT2D eigenvalue weighted by Crippen LogP contribution is 2.35. The molecule has 0 fully saturated rings. The number of aldehydes is 1. The van der Waals surface area contributed by atoms with Gasteiger partial charge < -0.3 is 25.3 Å². The number of hydrogen-bond acceptors (Lipinski definition) is 8. The van der Waals surface area contributed by atoms with Crippen LogP contribution in [0.25, 0.3) is 10.8 Å². The molecule has 0 aliphatic carbocycles. The third kappa shape index (κ3) is 4.82. The third-order valence-corrected chi connectivity index (χ3v) is 6.54. The number of nitrogens with two attached hydrogens (primary N) is 1. The summed E-state index contributed by atoms with van der Waals surface area (Å²) in [5.41, 5.74) is 7.23. The van der Waals surface area contributed by atoms with Gasteiger partial charge in [0, 0.05) is 17.3 Å². The molecule has 0 radical (unpaired) electrons. The summed E-state index contributed by atoms with van der Waals surface area (Å²) in [6.45, 7) is 3.69. The number of pyridine rings is 1. The molecule has 3 N–H and O–H groups in total. The molecule has 0 bridgehead atoms. The Balaban J connectivity index is 1.42. The first-order valence-electron chi connectivity index (χ1n) is 12.6. The van der Waals surface area contributed by atoms with Gasteiger partial charge in [0.25, 0.3) is 17.7 Å². The zero-order chi connectivity index (χ0) is 28.4. The van der Waals surface area contributed by atoms with Crippen LogP contribution in [0.5, 0.6) is 11.5 Å². The number of anilines is 2. The van der Waals surface area contributed by atoms with Gasteiger partial charge in [0.2, 0.25) is 0 Å². The van der Waals surface area contributed by atoms with Crippen LogP contribution >= 0.6 is 0 Å². The Morgan fingerprint density at radius 3 is 2.40 bits per heavy atom. The number of ether oxygens (including phenoxy) is 2. The molecule has 40 heavy (non-hydrogen) atoms. The summed E-state index contributed by atoms with van der Waals surface area (Å²) < 4.78 is 11.3. The number of carbonyl (C=O) groups is 4. The highest BCUT2D eigenvalue weighted by atomic mass is 16.5. The van der Waals surface area contributed by atoms with Crippen molar-refractivity contribution in [3.63, 3.8) is 0 Å². The smallest absolute Gasteiger partial charge is 0.267 e. The maximum atomic E-state index is 13.0. The summed E-state index contributed by atoms with van der Waals surface area (Å²) in [7, 11) is 0. The quantitative estimate of drug-likeness (QED) is 0.228. The van der Waals surface area contributed by atoms with E-state index in [2.05, 4.69) is 10.3 Å². The number of amides is 3. The van der Waals surface area contributed by atoms with Gasteiger partial charge in [0.15, 0.2) is 23.4 Å². The van der Waals surface area contributed by atoms with Crippen LogP contribution in [0.1, 0.15) is 46.2 Å². The van der Waals surface area contributed by atoms with Gasteiger partial charge in [0.05, 0.1) is 17.7 Å². The molecule has 10 nitrogen and oxygen atoms in total. The van der Waals surface area contributed by atoms with Gasteiger partial charge >= 0.3 is 0 Å². The molecule has 5 rings (SSSR count). The molecule has 202 valence electrons. The Morgan fingerprint density at radius 2 is 1.75 bits per heavy atom. The van der Waals surface area contributed by atoms with E-state index < -0.39 is 29.9 Å². The number of carbonyl (C=O) groups excluding carboxylic acids is 4. The van der Waals surface area contributed by atoms with Crippen molar-refractivity contribution in [2.45, 2.75) is 26.0 Å². The molecule has 1 aliphatic heterocycles. The van der Waals surface area contributed by atoms with Crippen LogP contribution in [0.3, 0.4) is 0 Å². The summed E-state index contributed by atoms with van der Waals surface area (Å²) in [6, 6.07) is 18.0. The average molecular weight is 539 g/mol. The lowest BCUT2D eigenvalue weighted by Gasteiger charge is -2.20. The topological polar surface area (TPSA) is 141 Å². The highest BCUT2D eigenvalue weighted by Gasteiger charge is 2.37. The molecule has 1 aromatic heterocycles. The third-order valence-electron chi connectivity index (χ3n) is 6.54. The molecular formula is C30H26N4O6. The largest absolute Gasteiger partial charge is 0.490 e. The van der Waals surface area contributed by atoms with Gasteiger partial charge in [-0.1, -0.05) is 18.2 Å². The number of aromatic nitrogens is 1. The monoisotopic (exact) mass is 538 g/mol. The van der Waals surface area contributed by atoms with Crippen molar-refractivity contribution < 1.29 is 28.7 Å². The maximum absolute atomic E-state index is 13.0. The Morgan fingerprint density at radius 1 is 1.02 bits per heavy atom. The minimum Gasteiger partial charge on any atom is -0.490 e. The molecule has 0 spiro atoms. The molecule has 2 heterocycles. The van der Waals surface area contributed by atoms with Crippen LogP contribution in [-0.2, 0) is 9.59 Å². The van der Waals surface area contributed by atoms with Crippen molar-refractivity contribution in [2.24, 2.45) is 5.73 Å². The number of primary amides is 1. The standard InChI is InChI=1S/C30H26N4O6/c1-3-39-26-15-19(8-11-25(26)40-17(2)27(31)36)24(16-35)33-20-9-10-21-18(14-20)12-13-32-28(21)34-29(37)22-6-4-5-7-23(22)30(34)38/h4-17,24,33H,3H2,1-2H3,(H2,31,36). The second-order valence-corrected chi connectivity index (χ2v) is 9.12. The fourth-order valence-electron chi connectivity index (χ4n) is 4.52. The summed E-state index contributed by atoms with van der Waals surface area (Å²) in [4.78, 5) is 55.0. The fourth-order valence-corrected chi connectivity index (χ4v) is 4.52. The number of fused-ring (bicyclic) bond motifs is 2. The Labute approximate surface area is 229 Å². The molecule has 3 aromatic carbocycles. The van der Waals surface area contributed by atoms with E-state index in [9.17, 15) is 19.2 Å². The average Bonchev–Trinajstić information content (AvgIpc) is 3.21. The van der Waals surface area contributed by atoms with Crippen molar-refractivity contribution in [3.05, 3.63) is 89.6 Å². The summed E-state index contributed by atoms with van der Waals surface area (Å²) in [6.07, 6.45) is 1.43. The summed E-state index contributed by atoms with van der Waals surface area (Å²) >= 11 is 0.